The molecule has 1 aliphatic heterocycles. The van der Waals surface area contributed by atoms with Crippen molar-refractivity contribution in [1.82, 2.24) is 4.90 Å². The van der Waals surface area contributed by atoms with Crippen LogP contribution in [0.25, 0.3) is 6.08 Å². The molecule has 0 radical (unpaired) electrons. The Morgan fingerprint density at radius 3 is 2.09 bits per heavy atom. The molecule has 0 unspecified atom stereocenters. The third-order valence-corrected chi connectivity index (χ3v) is 4.22. The van der Waals surface area contributed by atoms with E-state index in [2.05, 4.69) is 82.6 Å². The average molecular weight is 292 g/mol. The van der Waals surface area contributed by atoms with Gasteiger partial charge in [-0.05, 0) is 24.1 Å². The first-order valence-electron chi connectivity index (χ1n) is 8.16. The summed E-state index contributed by atoms with van der Waals surface area (Å²) in [5, 5.41) is 0. The van der Waals surface area contributed by atoms with Crippen LogP contribution in [0.15, 0.2) is 66.7 Å². The fourth-order valence-corrected chi connectivity index (χ4v) is 2.91. The van der Waals surface area contributed by atoms with Gasteiger partial charge < -0.3 is 4.90 Å². The first-order valence-corrected chi connectivity index (χ1v) is 8.16. The predicted octanol–water partition coefficient (Wildman–Crippen LogP) is 3.91. The Balaban J connectivity index is 1.40. The van der Waals surface area contributed by atoms with E-state index in [9.17, 15) is 0 Å². The number of hydrogen-bond donors (Lipinski definition) is 0. The van der Waals surface area contributed by atoms with Crippen molar-refractivity contribution in [3.63, 3.8) is 0 Å². The van der Waals surface area contributed by atoms with E-state index in [-0.39, 0.29) is 0 Å². The molecule has 2 nitrogen and oxygen atoms in total. The van der Waals surface area contributed by atoms with E-state index in [1.165, 1.54) is 11.3 Å². The van der Waals surface area contributed by atoms with E-state index < -0.39 is 0 Å². The number of para-hydroxylation sites is 1. The lowest BCUT2D eigenvalue weighted by Gasteiger charge is -2.36. The number of hydrogen-bond acceptors (Lipinski definition) is 2. The van der Waals surface area contributed by atoms with Crippen LogP contribution in [0.5, 0.6) is 0 Å². The van der Waals surface area contributed by atoms with Crippen molar-refractivity contribution in [2.45, 2.75) is 6.42 Å². The quantitative estimate of drug-likeness (QED) is 0.824. The highest BCUT2D eigenvalue weighted by Gasteiger charge is 2.15. The van der Waals surface area contributed by atoms with E-state index in [4.69, 9.17) is 0 Å². The van der Waals surface area contributed by atoms with E-state index in [1.807, 2.05) is 0 Å². The first-order chi connectivity index (χ1) is 10.9. The summed E-state index contributed by atoms with van der Waals surface area (Å²) in [6.45, 7) is 5.74. The van der Waals surface area contributed by atoms with Crippen LogP contribution in [0.1, 0.15) is 12.0 Å². The minimum atomic E-state index is 1.13. The molecule has 1 saturated heterocycles. The van der Waals surface area contributed by atoms with E-state index in [0.29, 0.717) is 0 Å². The smallest absolute Gasteiger partial charge is 0.0367 e. The van der Waals surface area contributed by atoms with Gasteiger partial charge in [-0.2, -0.15) is 0 Å². The molecule has 0 saturated carbocycles. The molecular formula is C20H24N2. The van der Waals surface area contributed by atoms with Gasteiger partial charge in [0, 0.05) is 38.4 Å². The normalized spacial score (nSPS) is 16.3. The Hall–Kier alpha value is -2.06. The Kier molecular flexibility index (Phi) is 5.27. The van der Waals surface area contributed by atoms with E-state index in [0.717, 1.165) is 39.1 Å². The number of benzene rings is 2. The molecule has 1 heterocycles. The second kappa shape index (κ2) is 7.81. The van der Waals surface area contributed by atoms with Gasteiger partial charge in [0.25, 0.3) is 0 Å². The van der Waals surface area contributed by atoms with Crippen LogP contribution >= 0.6 is 0 Å². The van der Waals surface area contributed by atoms with Crippen LogP contribution in [-0.4, -0.2) is 37.6 Å². The lowest BCUT2D eigenvalue weighted by atomic mass is 10.2. The van der Waals surface area contributed by atoms with Crippen LogP contribution in [0.4, 0.5) is 5.69 Å². The molecule has 114 valence electrons. The Morgan fingerprint density at radius 2 is 1.41 bits per heavy atom. The fourth-order valence-electron chi connectivity index (χ4n) is 2.91. The standard InChI is InChI=1S/C20H24N2/c1-3-9-19(10-4-1)11-7-8-14-21-15-17-22(18-16-21)20-12-5-2-6-13-20/h1-7,9-13H,8,14-18H2/b11-7+. The zero-order chi connectivity index (χ0) is 15.0. The highest BCUT2D eigenvalue weighted by atomic mass is 15.3. The van der Waals surface area contributed by atoms with Crippen molar-refractivity contribution >= 4 is 11.8 Å². The number of anilines is 1. The van der Waals surface area contributed by atoms with E-state index in [1.54, 1.807) is 0 Å². The summed E-state index contributed by atoms with van der Waals surface area (Å²) in [5.74, 6) is 0. The highest BCUT2D eigenvalue weighted by Crippen LogP contribution is 2.15. The molecule has 0 aromatic heterocycles. The Morgan fingerprint density at radius 1 is 0.773 bits per heavy atom. The molecule has 0 N–H and O–H groups in total. The molecule has 2 aromatic carbocycles. The molecule has 2 aromatic rings. The lowest BCUT2D eigenvalue weighted by molar-refractivity contribution is 0.263. The average Bonchev–Trinajstić information content (AvgIpc) is 2.61. The van der Waals surface area contributed by atoms with Gasteiger partial charge in [-0.3, -0.25) is 4.90 Å². The highest BCUT2D eigenvalue weighted by molar-refractivity contribution is 5.48. The van der Waals surface area contributed by atoms with Gasteiger partial charge in [-0.15, -0.1) is 0 Å². The minimum Gasteiger partial charge on any atom is -0.369 e. The maximum atomic E-state index is 2.56. The monoisotopic (exact) mass is 292 g/mol. The molecule has 0 atom stereocenters. The summed E-state index contributed by atoms with van der Waals surface area (Å²) in [7, 11) is 0. The molecule has 0 amide bonds. The van der Waals surface area contributed by atoms with Crippen molar-refractivity contribution in [2.75, 3.05) is 37.6 Å². The molecule has 1 aliphatic rings. The Bertz CT molecular complexity index is 569. The molecular weight excluding hydrogens is 268 g/mol. The van der Waals surface area contributed by atoms with Gasteiger partial charge in [0.05, 0.1) is 0 Å². The van der Waals surface area contributed by atoms with Crippen molar-refractivity contribution in [2.24, 2.45) is 0 Å². The summed E-state index contributed by atoms with van der Waals surface area (Å²) in [6, 6.07) is 21.3. The van der Waals surface area contributed by atoms with Crippen LogP contribution in [-0.2, 0) is 0 Å². The summed E-state index contributed by atoms with van der Waals surface area (Å²) in [5.41, 5.74) is 2.64. The molecule has 2 heteroatoms. The van der Waals surface area contributed by atoms with Crippen LogP contribution in [0.3, 0.4) is 0 Å². The van der Waals surface area contributed by atoms with Crippen molar-refractivity contribution < 1.29 is 0 Å². The summed E-state index contributed by atoms with van der Waals surface area (Å²) >= 11 is 0. The first kappa shape index (κ1) is 14.9. The molecule has 0 aliphatic carbocycles. The summed E-state index contributed by atoms with van der Waals surface area (Å²) in [6.07, 6.45) is 5.64. The Labute approximate surface area is 133 Å². The van der Waals surface area contributed by atoms with Crippen molar-refractivity contribution in [1.29, 1.82) is 0 Å². The van der Waals surface area contributed by atoms with Crippen molar-refractivity contribution in [3.8, 4) is 0 Å². The maximum Gasteiger partial charge on any atom is 0.0367 e. The van der Waals surface area contributed by atoms with Crippen LogP contribution in [0.2, 0.25) is 0 Å². The van der Waals surface area contributed by atoms with Gasteiger partial charge in [0.2, 0.25) is 0 Å². The second-order valence-electron chi connectivity index (χ2n) is 5.77. The number of rotatable bonds is 5. The number of piperazine rings is 1. The fraction of sp³-hybridized carbons (Fsp3) is 0.300. The van der Waals surface area contributed by atoms with Gasteiger partial charge in [-0.25, -0.2) is 0 Å². The summed E-state index contributed by atoms with van der Waals surface area (Å²) < 4.78 is 0. The van der Waals surface area contributed by atoms with Gasteiger partial charge >= 0.3 is 0 Å². The molecule has 1 fully saturated rings. The SMILES string of the molecule is C(=C\c1ccccc1)/CCN1CCN(c2ccccc2)CC1. The molecule has 22 heavy (non-hydrogen) atoms. The van der Waals surface area contributed by atoms with E-state index >= 15 is 0 Å². The molecule has 0 bridgehead atoms. The van der Waals surface area contributed by atoms with Gasteiger partial charge in [0.1, 0.15) is 0 Å². The molecule has 3 rings (SSSR count). The van der Waals surface area contributed by atoms with Crippen LogP contribution in [0, 0.1) is 0 Å². The van der Waals surface area contributed by atoms with Crippen molar-refractivity contribution in [3.05, 3.63) is 72.3 Å². The van der Waals surface area contributed by atoms with Gasteiger partial charge in [0.15, 0.2) is 0 Å². The zero-order valence-corrected chi connectivity index (χ0v) is 13.1. The zero-order valence-electron chi connectivity index (χ0n) is 13.1. The van der Waals surface area contributed by atoms with Crippen LogP contribution < -0.4 is 4.90 Å². The molecule has 0 spiro atoms. The summed E-state index contributed by atoms with van der Waals surface area (Å²) in [4.78, 5) is 5.05. The predicted molar refractivity (Wildman–Crippen MR) is 95.2 cm³/mol. The lowest BCUT2D eigenvalue weighted by Crippen LogP contribution is -2.46. The number of nitrogens with zero attached hydrogens (tertiary/aromatic N) is 2. The third-order valence-electron chi connectivity index (χ3n) is 4.22. The topological polar surface area (TPSA) is 6.48 Å². The maximum absolute atomic E-state index is 2.56. The largest absolute Gasteiger partial charge is 0.369 e. The van der Waals surface area contributed by atoms with Gasteiger partial charge in [-0.1, -0.05) is 60.7 Å². The second-order valence-corrected chi connectivity index (χ2v) is 5.77. The third kappa shape index (κ3) is 4.22. The minimum absolute atomic E-state index is 1.13.